The van der Waals surface area contributed by atoms with Gasteiger partial charge in [-0.05, 0) is 38.5 Å². The van der Waals surface area contributed by atoms with E-state index in [1.54, 1.807) is 36.9 Å². The van der Waals surface area contributed by atoms with Crippen molar-refractivity contribution in [1.29, 1.82) is 0 Å². The van der Waals surface area contributed by atoms with Gasteiger partial charge in [0, 0.05) is 32.5 Å². The number of anilines is 2. The van der Waals surface area contributed by atoms with E-state index in [-0.39, 0.29) is 37.7 Å². The molecule has 2 rings (SSSR count). The summed E-state index contributed by atoms with van der Waals surface area (Å²) < 4.78 is 42.7. The molecular weight excluding hydrogens is 401 g/mol. The molecule has 0 aromatic heterocycles. The number of ether oxygens (including phenoxy) is 1. The van der Waals surface area contributed by atoms with Crippen molar-refractivity contribution in [2.45, 2.75) is 51.9 Å². The van der Waals surface area contributed by atoms with E-state index in [1.165, 1.54) is 11.8 Å². The van der Waals surface area contributed by atoms with Gasteiger partial charge in [0.1, 0.15) is 0 Å². The van der Waals surface area contributed by atoms with E-state index < -0.39 is 24.7 Å². The van der Waals surface area contributed by atoms with Crippen molar-refractivity contribution in [1.82, 2.24) is 5.32 Å². The molecule has 0 saturated heterocycles. The molecule has 168 valence electrons. The fourth-order valence-electron chi connectivity index (χ4n) is 3.54. The standard InChI is InChI=1S/C20H29F3N4O3/c1-12(2)30-19(29)26-10-13(3)27(14(4)28)17-6-5-15(7-18(17)26)16(8-24)9-25-11-20(21,22)23/h5-7,12-13,16,25H,8-11,24H2,1-4H3/t13-,16?/m0/s1. The summed E-state index contributed by atoms with van der Waals surface area (Å²) in [5, 5.41) is 2.37. The van der Waals surface area contributed by atoms with Gasteiger partial charge in [0.2, 0.25) is 5.91 Å². The van der Waals surface area contributed by atoms with E-state index >= 15 is 0 Å². The molecule has 10 heteroatoms. The van der Waals surface area contributed by atoms with Gasteiger partial charge in [-0.15, -0.1) is 0 Å². The summed E-state index contributed by atoms with van der Waals surface area (Å²) in [5.74, 6) is -0.568. The van der Waals surface area contributed by atoms with Gasteiger partial charge < -0.3 is 20.7 Å². The smallest absolute Gasteiger partial charge is 0.414 e. The van der Waals surface area contributed by atoms with E-state index in [4.69, 9.17) is 10.5 Å². The van der Waals surface area contributed by atoms with Crippen LogP contribution in [0.2, 0.25) is 0 Å². The molecule has 1 aliphatic heterocycles. The first kappa shape index (κ1) is 23.9. The normalized spacial score (nSPS) is 17.7. The van der Waals surface area contributed by atoms with Gasteiger partial charge in [0.25, 0.3) is 0 Å². The molecule has 0 bridgehead atoms. The molecule has 0 saturated carbocycles. The maximum Gasteiger partial charge on any atom is 0.414 e. The Hall–Kier alpha value is -2.33. The Morgan fingerprint density at radius 3 is 2.50 bits per heavy atom. The van der Waals surface area contributed by atoms with Crippen LogP contribution in [0.3, 0.4) is 0 Å². The van der Waals surface area contributed by atoms with Crippen LogP contribution in [0.25, 0.3) is 0 Å². The SMILES string of the molecule is CC(=O)N1c2ccc(C(CN)CNCC(F)(F)F)cc2N(C(=O)OC(C)C)C[C@@H]1C. The first-order valence-corrected chi connectivity index (χ1v) is 9.84. The van der Waals surface area contributed by atoms with E-state index in [2.05, 4.69) is 5.32 Å². The highest BCUT2D eigenvalue weighted by Gasteiger charge is 2.35. The number of hydrogen-bond acceptors (Lipinski definition) is 5. The van der Waals surface area contributed by atoms with Crippen LogP contribution in [0.1, 0.15) is 39.2 Å². The molecule has 0 spiro atoms. The number of nitrogens with two attached hydrogens (primary N) is 1. The number of carbonyl (C=O) groups is 2. The maximum absolute atomic E-state index is 12.7. The van der Waals surface area contributed by atoms with Crippen LogP contribution >= 0.6 is 0 Å². The van der Waals surface area contributed by atoms with E-state index in [1.807, 2.05) is 6.92 Å². The lowest BCUT2D eigenvalue weighted by molar-refractivity contribution is -0.124. The zero-order chi connectivity index (χ0) is 22.6. The van der Waals surface area contributed by atoms with Crippen LogP contribution < -0.4 is 20.9 Å². The number of benzene rings is 1. The van der Waals surface area contributed by atoms with E-state index in [0.29, 0.717) is 16.9 Å². The Morgan fingerprint density at radius 1 is 1.30 bits per heavy atom. The second-order valence-electron chi connectivity index (χ2n) is 7.71. The minimum Gasteiger partial charge on any atom is -0.446 e. The third kappa shape index (κ3) is 5.85. The van der Waals surface area contributed by atoms with Crippen molar-refractivity contribution in [3.8, 4) is 0 Å². The predicted molar refractivity (Wildman–Crippen MR) is 109 cm³/mol. The zero-order valence-corrected chi connectivity index (χ0v) is 17.6. The monoisotopic (exact) mass is 430 g/mol. The van der Waals surface area contributed by atoms with Gasteiger partial charge in [-0.25, -0.2) is 4.79 Å². The summed E-state index contributed by atoms with van der Waals surface area (Å²) in [5.41, 5.74) is 7.49. The van der Waals surface area contributed by atoms with Crippen LogP contribution in [-0.4, -0.2) is 56.5 Å². The molecule has 2 amide bonds. The summed E-state index contributed by atoms with van der Waals surface area (Å²) in [6.07, 6.45) is -5.18. The van der Waals surface area contributed by atoms with Crippen LogP contribution in [0.4, 0.5) is 29.3 Å². The average Bonchev–Trinajstić information content (AvgIpc) is 2.62. The van der Waals surface area contributed by atoms with Crippen molar-refractivity contribution in [2.75, 3.05) is 36.0 Å². The quantitative estimate of drug-likeness (QED) is 0.725. The van der Waals surface area contributed by atoms with Gasteiger partial charge in [0.15, 0.2) is 0 Å². The Labute approximate surface area is 174 Å². The van der Waals surface area contributed by atoms with Crippen LogP contribution in [0, 0.1) is 0 Å². The Balaban J connectivity index is 2.39. The molecule has 1 aromatic carbocycles. The van der Waals surface area contributed by atoms with Gasteiger partial charge in [-0.3, -0.25) is 9.69 Å². The molecule has 1 aliphatic rings. The van der Waals surface area contributed by atoms with Gasteiger partial charge >= 0.3 is 12.3 Å². The van der Waals surface area contributed by atoms with Crippen LogP contribution in [0.5, 0.6) is 0 Å². The van der Waals surface area contributed by atoms with Crippen molar-refractivity contribution >= 4 is 23.4 Å². The van der Waals surface area contributed by atoms with Gasteiger partial charge in [-0.2, -0.15) is 13.2 Å². The fraction of sp³-hybridized carbons (Fsp3) is 0.600. The molecule has 0 aliphatic carbocycles. The second-order valence-corrected chi connectivity index (χ2v) is 7.71. The predicted octanol–water partition coefficient (Wildman–Crippen LogP) is 2.99. The fourth-order valence-corrected chi connectivity index (χ4v) is 3.54. The third-order valence-corrected chi connectivity index (χ3v) is 4.81. The molecule has 3 N–H and O–H groups in total. The number of fused-ring (bicyclic) bond motifs is 1. The minimum absolute atomic E-state index is 0.0259. The molecule has 2 atom stereocenters. The lowest BCUT2D eigenvalue weighted by atomic mass is 9.96. The zero-order valence-electron chi connectivity index (χ0n) is 17.6. The Morgan fingerprint density at radius 2 is 1.97 bits per heavy atom. The minimum atomic E-state index is -4.31. The number of rotatable bonds is 6. The molecule has 0 fully saturated rings. The van der Waals surface area contributed by atoms with Gasteiger partial charge in [0.05, 0.1) is 30.1 Å². The lowest BCUT2D eigenvalue weighted by Crippen LogP contribution is -2.51. The Kier molecular flexibility index (Phi) is 7.70. The molecule has 0 radical (unpaired) electrons. The first-order valence-electron chi connectivity index (χ1n) is 9.84. The highest BCUT2D eigenvalue weighted by molar-refractivity contribution is 6.02. The summed E-state index contributed by atoms with van der Waals surface area (Å²) >= 11 is 0. The number of alkyl halides is 3. The highest BCUT2D eigenvalue weighted by atomic mass is 19.4. The number of nitrogens with one attached hydrogen (secondary N) is 1. The topological polar surface area (TPSA) is 87.9 Å². The third-order valence-electron chi connectivity index (χ3n) is 4.81. The van der Waals surface area contributed by atoms with Crippen molar-refractivity contribution < 1.29 is 27.5 Å². The van der Waals surface area contributed by atoms with E-state index in [9.17, 15) is 22.8 Å². The highest BCUT2D eigenvalue weighted by Crippen LogP contribution is 2.38. The number of halogens is 3. The van der Waals surface area contributed by atoms with Crippen LogP contribution in [-0.2, 0) is 9.53 Å². The molecule has 1 unspecified atom stereocenters. The molecule has 30 heavy (non-hydrogen) atoms. The summed E-state index contributed by atoms with van der Waals surface area (Å²) in [7, 11) is 0. The molecule has 1 heterocycles. The largest absolute Gasteiger partial charge is 0.446 e. The number of amides is 2. The van der Waals surface area contributed by atoms with Crippen molar-refractivity contribution in [3.63, 3.8) is 0 Å². The molecular formula is C20H29F3N4O3. The number of hydrogen-bond donors (Lipinski definition) is 2. The molecule has 7 nitrogen and oxygen atoms in total. The molecule has 1 aromatic rings. The first-order chi connectivity index (χ1) is 13.9. The van der Waals surface area contributed by atoms with E-state index in [0.717, 1.165) is 0 Å². The van der Waals surface area contributed by atoms with Crippen molar-refractivity contribution in [3.05, 3.63) is 23.8 Å². The summed E-state index contributed by atoms with van der Waals surface area (Å²) in [6, 6.07) is 4.86. The maximum atomic E-state index is 12.7. The summed E-state index contributed by atoms with van der Waals surface area (Å²) in [6.45, 7) is 6.02. The van der Waals surface area contributed by atoms with Crippen molar-refractivity contribution in [2.24, 2.45) is 5.73 Å². The number of nitrogens with zero attached hydrogens (tertiary/aromatic N) is 2. The van der Waals surface area contributed by atoms with Gasteiger partial charge in [-0.1, -0.05) is 6.07 Å². The lowest BCUT2D eigenvalue weighted by Gasteiger charge is -2.40. The average molecular weight is 430 g/mol. The Bertz CT molecular complexity index is 770. The van der Waals surface area contributed by atoms with Crippen LogP contribution in [0.15, 0.2) is 18.2 Å². The second kappa shape index (κ2) is 9.65. The summed E-state index contributed by atoms with van der Waals surface area (Å²) in [4.78, 5) is 27.9. The number of carbonyl (C=O) groups excluding carboxylic acids is 2.